The fourth-order valence-electron chi connectivity index (χ4n) is 3.45. The van der Waals surface area contributed by atoms with E-state index >= 15 is 0 Å². The normalized spacial score (nSPS) is 22.1. The van der Waals surface area contributed by atoms with Gasteiger partial charge in [-0.05, 0) is 18.5 Å². The van der Waals surface area contributed by atoms with E-state index in [2.05, 4.69) is 6.07 Å². The van der Waals surface area contributed by atoms with E-state index in [0.29, 0.717) is 24.1 Å². The summed E-state index contributed by atoms with van der Waals surface area (Å²) in [7, 11) is 0. The Balaban J connectivity index is 0.00000136. The fourth-order valence-corrected chi connectivity index (χ4v) is 3.45. The molecule has 5 heteroatoms. The van der Waals surface area contributed by atoms with Crippen molar-refractivity contribution in [3.8, 4) is 22.9 Å². The van der Waals surface area contributed by atoms with Crippen LogP contribution in [0.1, 0.15) is 39.2 Å². The van der Waals surface area contributed by atoms with Gasteiger partial charge in [0.15, 0.2) is 11.6 Å². The molecule has 2 unspecified atom stereocenters. The van der Waals surface area contributed by atoms with Gasteiger partial charge in [0.2, 0.25) is 0 Å². The Kier molecular flexibility index (Phi) is 7.53. The molecule has 1 N–H and O–H groups in total. The van der Waals surface area contributed by atoms with Crippen LogP contribution in [-0.4, -0.2) is 29.3 Å². The van der Waals surface area contributed by atoms with Crippen molar-refractivity contribution in [3.63, 3.8) is 0 Å². The molecule has 0 bridgehead atoms. The number of likely N-dealkylation sites (tertiary alicyclic amines) is 1. The SMILES string of the molecule is CC.CC1(CC#N)CCN(Cc2ccc(-c3ccccc3)c(O)c2F)CC1F. The highest BCUT2D eigenvalue weighted by atomic mass is 19.1. The summed E-state index contributed by atoms with van der Waals surface area (Å²) in [6.45, 7) is 6.79. The van der Waals surface area contributed by atoms with Crippen LogP contribution in [0, 0.1) is 22.6 Å². The topological polar surface area (TPSA) is 47.3 Å². The molecular weight excluding hydrogens is 358 g/mol. The summed E-state index contributed by atoms with van der Waals surface area (Å²) < 4.78 is 29.2. The fraction of sp³-hybridized carbons (Fsp3) is 0.435. The molecule has 0 amide bonds. The first kappa shape index (κ1) is 21.8. The van der Waals surface area contributed by atoms with Crippen LogP contribution in [0.3, 0.4) is 0 Å². The number of hydrogen-bond donors (Lipinski definition) is 1. The third kappa shape index (κ3) is 4.69. The molecule has 28 heavy (non-hydrogen) atoms. The van der Waals surface area contributed by atoms with Gasteiger partial charge < -0.3 is 5.11 Å². The van der Waals surface area contributed by atoms with E-state index in [0.717, 1.165) is 5.56 Å². The summed E-state index contributed by atoms with van der Waals surface area (Å²) in [5, 5.41) is 19.1. The summed E-state index contributed by atoms with van der Waals surface area (Å²) >= 11 is 0. The second kappa shape index (κ2) is 9.66. The Morgan fingerprint density at radius 3 is 2.50 bits per heavy atom. The van der Waals surface area contributed by atoms with Crippen molar-refractivity contribution < 1.29 is 13.9 Å². The Morgan fingerprint density at radius 1 is 1.21 bits per heavy atom. The molecule has 150 valence electrons. The van der Waals surface area contributed by atoms with Gasteiger partial charge >= 0.3 is 0 Å². The minimum Gasteiger partial charge on any atom is -0.504 e. The first-order valence-electron chi connectivity index (χ1n) is 9.74. The van der Waals surface area contributed by atoms with Crippen molar-refractivity contribution in [2.24, 2.45) is 5.41 Å². The van der Waals surface area contributed by atoms with Crippen LogP contribution in [0.2, 0.25) is 0 Å². The lowest BCUT2D eigenvalue weighted by Crippen LogP contribution is -2.47. The van der Waals surface area contributed by atoms with Crippen LogP contribution in [0.5, 0.6) is 5.75 Å². The standard InChI is InChI=1S/C21H22F2N2O.C2H6/c1-21(9-11-24)10-12-25(14-18(21)22)13-16-7-8-17(20(26)19(16)23)15-5-3-2-4-6-15;1-2/h2-8,18,26H,9-10,12-14H2,1H3;1-2H3. The third-order valence-electron chi connectivity index (χ3n) is 5.33. The average molecular weight is 386 g/mol. The minimum absolute atomic E-state index is 0.165. The summed E-state index contributed by atoms with van der Waals surface area (Å²) in [5.41, 5.74) is 0.890. The Hall–Kier alpha value is -2.45. The number of rotatable bonds is 4. The molecule has 1 fully saturated rings. The summed E-state index contributed by atoms with van der Waals surface area (Å²) in [4.78, 5) is 1.84. The van der Waals surface area contributed by atoms with Crippen LogP contribution in [0.15, 0.2) is 42.5 Å². The molecule has 1 heterocycles. The maximum absolute atomic E-state index is 14.7. The van der Waals surface area contributed by atoms with Crippen LogP contribution < -0.4 is 0 Å². The van der Waals surface area contributed by atoms with Gasteiger partial charge in [0.1, 0.15) is 6.17 Å². The lowest BCUT2D eigenvalue weighted by molar-refractivity contribution is 0.0182. The molecule has 2 aromatic rings. The van der Waals surface area contributed by atoms with Crippen molar-refractivity contribution in [1.29, 1.82) is 5.26 Å². The van der Waals surface area contributed by atoms with E-state index in [1.165, 1.54) is 0 Å². The first-order valence-corrected chi connectivity index (χ1v) is 9.74. The number of hydrogen-bond acceptors (Lipinski definition) is 3. The number of aromatic hydroxyl groups is 1. The van der Waals surface area contributed by atoms with Gasteiger partial charge in [-0.25, -0.2) is 8.78 Å². The molecule has 0 aliphatic carbocycles. The summed E-state index contributed by atoms with van der Waals surface area (Å²) in [6, 6.07) is 14.5. The van der Waals surface area contributed by atoms with Crippen molar-refractivity contribution in [2.45, 2.75) is 46.3 Å². The average Bonchev–Trinajstić information content (AvgIpc) is 2.71. The number of phenolic OH excluding ortho intramolecular Hbond substituents is 1. The highest BCUT2D eigenvalue weighted by Gasteiger charge is 2.39. The molecule has 0 saturated carbocycles. The molecule has 1 saturated heterocycles. The number of piperidine rings is 1. The van der Waals surface area contributed by atoms with E-state index in [-0.39, 0.29) is 25.3 Å². The van der Waals surface area contributed by atoms with Gasteiger partial charge in [-0.2, -0.15) is 5.26 Å². The lowest BCUT2D eigenvalue weighted by Gasteiger charge is -2.41. The Morgan fingerprint density at radius 2 is 1.89 bits per heavy atom. The summed E-state index contributed by atoms with van der Waals surface area (Å²) in [5.74, 6) is -1.04. The number of halogens is 2. The van der Waals surface area contributed by atoms with E-state index in [9.17, 15) is 13.9 Å². The Labute approximate surface area is 166 Å². The monoisotopic (exact) mass is 386 g/mol. The zero-order valence-electron chi connectivity index (χ0n) is 16.8. The van der Waals surface area contributed by atoms with Gasteiger partial charge in [0.25, 0.3) is 0 Å². The highest BCUT2D eigenvalue weighted by molar-refractivity contribution is 5.70. The first-order chi connectivity index (χ1) is 13.4. The van der Waals surface area contributed by atoms with Crippen molar-refractivity contribution in [3.05, 3.63) is 53.8 Å². The minimum atomic E-state index is -1.13. The number of alkyl halides is 1. The highest BCUT2D eigenvalue weighted by Crippen LogP contribution is 2.38. The van der Waals surface area contributed by atoms with Gasteiger partial charge in [-0.1, -0.05) is 63.2 Å². The zero-order chi connectivity index (χ0) is 20.7. The maximum atomic E-state index is 14.7. The number of nitrogens with zero attached hydrogens (tertiary/aromatic N) is 2. The molecular formula is C23H28F2N2O. The Bertz CT molecular complexity index is 819. The number of benzene rings is 2. The van der Waals surface area contributed by atoms with E-state index in [1.807, 2.05) is 49.1 Å². The molecule has 2 aromatic carbocycles. The quantitative estimate of drug-likeness (QED) is 0.734. The molecule has 0 spiro atoms. The van der Waals surface area contributed by atoms with E-state index in [4.69, 9.17) is 5.26 Å². The second-order valence-corrected chi connectivity index (χ2v) is 7.24. The van der Waals surface area contributed by atoms with Crippen LogP contribution >= 0.6 is 0 Å². The van der Waals surface area contributed by atoms with Crippen molar-refractivity contribution in [1.82, 2.24) is 4.90 Å². The zero-order valence-corrected chi connectivity index (χ0v) is 16.8. The molecule has 0 aromatic heterocycles. The van der Waals surface area contributed by atoms with E-state index in [1.54, 1.807) is 19.1 Å². The molecule has 3 nitrogen and oxygen atoms in total. The van der Waals surface area contributed by atoms with Crippen molar-refractivity contribution >= 4 is 0 Å². The van der Waals surface area contributed by atoms with Crippen LogP contribution in [-0.2, 0) is 6.54 Å². The molecule has 3 rings (SSSR count). The molecule has 0 radical (unpaired) electrons. The molecule has 2 atom stereocenters. The molecule has 1 aliphatic rings. The largest absolute Gasteiger partial charge is 0.504 e. The van der Waals surface area contributed by atoms with E-state index < -0.39 is 17.4 Å². The maximum Gasteiger partial charge on any atom is 0.169 e. The number of nitriles is 1. The number of phenols is 1. The predicted molar refractivity (Wildman–Crippen MR) is 108 cm³/mol. The third-order valence-corrected chi connectivity index (χ3v) is 5.33. The van der Waals surface area contributed by atoms with Crippen molar-refractivity contribution in [2.75, 3.05) is 13.1 Å². The lowest BCUT2D eigenvalue weighted by atomic mass is 9.76. The van der Waals surface area contributed by atoms with Crippen LogP contribution in [0.25, 0.3) is 11.1 Å². The van der Waals surface area contributed by atoms with Crippen LogP contribution in [0.4, 0.5) is 8.78 Å². The van der Waals surface area contributed by atoms with Gasteiger partial charge in [0.05, 0.1) is 6.07 Å². The second-order valence-electron chi connectivity index (χ2n) is 7.24. The predicted octanol–water partition coefficient (Wildman–Crippen LogP) is 5.69. The van der Waals surface area contributed by atoms with Gasteiger partial charge in [-0.15, -0.1) is 0 Å². The van der Waals surface area contributed by atoms with Gasteiger partial charge in [0, 0.05) is 36.1 Å². The molecule has 1 aliphatic heterocycles. The summed E-state index contributed by atoms with van der Waals surface area (Å²) in [6.07, 6.45) is -0.392. The van der Waals surface area contributed by atoms with Gasteiger partial charge in [-0.3, -0.25) is 4.90 Å². The smallest absolute Gasteiger partial charge is 0.169 e.